The molecule has 0 bridgehead atoms. The van der Waals surface area contributed by atoms with Crippen molar-refractivity contribution in [1.29, 1.82) is 0 Å². The van der Waals surface area contributed by atoms with E-state index in [0.29, 0.717) is 22.7 Å². The van der Waals surface area contributed by atoms with Gasteiger partial charge in [0.05, 0.1) is 11.4 Å². The molecule has 18 heavy (non-hydrogen) atoms. The summed E-state index contributed by atoms with van der Waals surface area (Å²) in [6.07, 6.45) is 0. The van der Waals surface area contributed by atoms with Crippen molar-refractivity contribution in [2.45, 2.75) is 13.8 Å². The molecule has 2 aromatic carbocycles. The van der Waals surface area contributed by atoms with Gasteiger partial charge in [0, 0.05) is 0 Å². The van der Waals surface area contributed by atoms with Crippen LogP contribution in [0.25, 0.3) is 0 Å². The summed E-state index contributed by atoms with van der Waals surface area (Å²) in [6, 6.07) is 11.3. The maximum Gasteiger partial charge on any atom is 0.111 e. The molecule has 0 aromatic heterocycles. The molecule has 0 spiro atoms. The molecule has 0 unspecified atom stereocenters. The van der Waals surface area contributed by atoms with Crippen LogP contribution < -0.4 is 11.5 Å². The Kier molecular flexibility index (Phi) is 3.28. The molecule has 0 atom stereocenters. The third-order valence-electron chi connectivity index (χ3n) is 2.79. The van der Waals surface area contributed by atoms with E-state index < -0.39 is 0 Å². The van der Waals surface area contributed by atoms with Gasteiger partial charge in [0.15, 0.2) is 0 Å². The number of anilines is 2. The highest BCUT2D eigenvalue weighted by Gasteiger charge is 2.03. The predicted molar refractivity (Wildman–Crippen MR) is 75.4 cm³/mol. The largest absolute Gasteiger partial charge is 0.397 e. The molecule has 2 rings (SSSR count). The molecule has 0 heterocycles. The van der Waals surface area contributed by atoms with Crippen LogP contribution in [0.4, 0.5) is 22.7 Å². The number of nitrogens with zero attached hydrogens (tertiary/aromatic N) is 2. The first kappa shape index (κ1) is 12.1. The molecule has 0 aliphatic rings. The van der Waals surface area contributed by atoms with Crippen molar-refractivity contribution < 1.29 is 0 Å². The monoisotopic (exact) mass is 240 g/mol. The Bertz CT molecular complexity index is 509. The Hall–Kier alpha value is -2.36. The molecule has 0 radical (unpaired) electrons. The van der Waals surface area contributed by atoms with Gasteiger partial charge >= 0.3 is 0 Å². The second kappa shape index (κ2) is 4.87. The third kappa shape index (κ3) is 2.32. The van der Waals surface area contributed by atoms with Crippen molar-refractivity contribution in [2.24, 2.45) is 10.2 Å². The molecule has 0 aliphatic carbocycles. The summed E-state index contributed by atoms with van der Waals surface area (Å²) in [5.41, 5.74) is 16.4. The van der Waals surface area contributed by atoms with Crippen LogP contribution in [0.3, 0.4) is 0 Å². The van der Waals surface area contributed by atoms with Gasteiger partial charge in [-0.25, -0.2) is 0 Å². The SMILES string of the molecule is Cc1cccc(N)c1N=Nc1c(C)cccc1N. The molecular weight excluding hydrogens is 224 g/mol. The van der Waals surface area contributed by atoms with Gasteiger partial charge in [-0.3, -0.25) is 0 Å². The smallest absolute Gasteiger partial charge is 0.111 e. The lowest BCUT2D eigenvalue weighted by Crippen LogP contribution is -1.88. The van der Waals surface area contributed by atoms with Crippen LogP contribution in [0.15, 0.2) is 46.6 Å². The lowest BCUT2D eigenvalue weighted by Gasteiger charge is -2.05. The number of rotatable bonds is 2. The first-order chi connectivity index (χ1) is 8.59. The van der Waals surface area contributed by atoms with E-state index in [9.17, 15) is 0 Å². The normalized spacial score (nSPS) is 11.0. The van der Waals surface area contributed by atoms with Gasteiger partial charge in [-0.1, -0.05) is 24.3 Å². The summed E-state index contributed by atoms with van der Waals surface area (Å²) in [5.74, 6) is 0. The molecule has 0 saturated carbocycles. The molecule has 92 valence electrons. The Balaban J connectivity index is 2.43. The van der Waals surface area contributed by atoms with Gasteiger partial charge in [0.25, 0.3) is 0 Å². The fourth-order valence-corrected chi connectivity index (χ4v) is 1.74. The Labute approximate surface area is 106 Å². The van der Waals surface area contributed by atoms with Crippen molar-refractivity contribution in [1.82, 2.24) is 0 Å². The second-order valence-electron chi connectivity index (χ2n) is 4.23. The average Bonchev–Trinajstić information content (AvgIpc) is 2.31. The average molecular weight is 240 g/mol. The predicted octanol–water partition coefficient (Wildman–Crippen LogP) is 3.88. The number of nitrogen functional groups attached to an aromatic ring is 2. The molecule has 0 fully saturated rings. The van der Waals surface area contributed by atoms with E-state index >= 15 is 0 Å². The summed E-state index contributed by atoms with van der Waals surface area (Å²) in [5, 5.41) is 8.43. The first-order valence-electron chi connectivity index (χ1n) is 5.71. The highest BCUT2D eigenvalue weighted by molar-refractivity contribution is 5.68. The van der Waals surface area contributed by atoms with Crippen LogP contribution in [-0.4, -0.2) is 0 Å². The fraction of sp³-hybridized carbons (Fsp3) is 0.143. The summed E-state index contributed by atoms with van der Waals surface area (Å²) >= 11 is 0. The van der Waals surface area contributed by atoms with Crippen LogP contribution in [0.2, 0.25) is 0 Å². The number of benzene rings is 2. The zero-order valence-corrected chi connectivity index (χ0v) is 10.5. The van der Waals surface area contributed by atoms with Crippen LogP contribution in [0.1, 0.15) is 11.1 Å². The number of aryl methyl sites for hydroxylation is 2. The van der Waals surface area contributed by atoms with Crippen LogP contribution in [-0.2, 0) is 0 Å². The van der Waals surface area contributed by atoms with Crippen molar-refractivity contribution in [3.8, 4) is 0 Å². The van der Waals surface area contributed by atoms with Gasteiger partial charge in [0.2, 0.25) is 0 Å². The topological polar surface area (TPSA) is 76.8 Å². The molecule has 0 aliphatic heterocycles. The van der Waals surface area contributed by atoms with Crippen molar-refractivity contribution in [3.05, 3.63) is 47.5 Å². The number of nitrogens with two attached hydrogens (primary N) is 2. The standard InChI is InChI=1S/C14H16N4/c1-9-5-3-7-11(15)13(9)17-18-14-10(2)6-4-8-12(14)16/h3-8H,15-16H2,1-2H3. The molecule has 0 saturated heterocycles. The van der Waals surface area contributed by atoms with Crippen molar-refractivity contribution >= 4 is 22.7 Å². The first-order valence-corrected chi connectivity index (χ1v) is 5.71. The van der Waals surface area contributed by atoms with E-state index in [2.05, 4.69) is 10.2 Å². The maximum atomic E-state index is 5.88. The van der Waals surface area contributed by atoms with Gasteiger partial charge in [-0.15, -0.1) is 10.2 Å². The molecule has 0 amide bonds. The Morgan fingerprint density at radius 2 is 1.11 bits per heavy atom. The second-order valence-corrected chi connectivity index (χ2v) is 4.23. The van der Waals surface area contributed by atoms with E-state index in [0.717, 1.165) is 11.1 Å². The minimum Gasteiger partial charge on any atom is -0.397 e. The molecule has 4 N–H and O–H groups in total. The minimum absolute atomic E-state index is 0.617. The fourth-order valence-electron chi connectivity index (χ4n) is 1.74. The van der Waals surface area contributed by atoms with E-state index in [-0.39, 0.29) is 0 Å². The number of azo groups is 1. The molecular formula is C14H16N4. The van der Waals surface area contributed by atoms with Gasteiger partial charge in [-0.05, 0) is 37.1 Å². The molecule has 4 heteroatoms. The van der Waals surface area contributed by atoms with Gasteiger partial charge in [0.1, 0.15) is 11.4 Å². The van der Waals surface area contributed by atoms with Gasteiger partial charge < -0.3 is 11.5 Å². The van der Waals surface area contributed by atoms with Crippen LogP contribution >= 0.6 is 0 Å². The summed E-state index contributed by atoms with van der Waals surface area (Å²) in [7, 11) is 0. The molecule has 4 nitrogen and oxygen atoms in total. The quantitative estimate of drug-likeness (QED) is 0.617. The Morgan fingerprint density at radius 1 is 0.722 bits per heavy atom. The maximum absolute atomic E-state index is 5.88. The lowest BCUT2D eigenvalue weighted by molar-refractivity contribution is 1.20. The van der Waals surface area contributed by atoms with E-state index in [1.807, 2.05) is 50.2 Å². The van der Waals surface area contributed by atoms with E-state index in [1.165, 1.54) is 0 Å². The zero-order chi connectivity index (χ0) is 13.1. The van der Waals surface area contributed by atoms with Crippen molar-refractivity contribution in [2.75, 3.05) is 11.5 Å². The Morgan fingerprint density at radius 3 is 1.44 bits per heavy atom. The summed E-state index contributed by atoms with van der Waals surface area (Å²) in [4.78, 5) is 0. The highest BCUT2D eigenvalue weighted by Crippen LogP contribution is 2.31. The van der Waals surface area contributed by atoms with Crippen molar-refractivity contribution in [3.63, 3.8) is 0 Å². The number of hydrogen-bond donors (Lipinski definition) is 2. The number of hydrogen-bond acceptors (Lipinski definition) is 4. The van der Waals surface area contributed by atoms with Crippen LogP contribution in [0.5, 0.6) is 0 Å². The highest BCUT2D eigenvalue weighted by atomic mass is 15.1. The summed E-state index contributed by atoms with van der Waals surface area (Å²) in [6.45, 7) is 3.90. The van der Waals surface area contributed by atoms with E-state index in [1.54, 1.807) is 0 Å². The molecule has 2 aromatic rings. The van der Waals surface area contributed by atoms with Gasteiger partial charge in [-0.2, -0.15) is 0 Å². The minimum atomic E-state index is 0.617. The van der Waals surface area contributed by atoms with E-state index in [4.69, 9.17) is 11.5 Å². The third-order valence-corrected chi connectivity index (χ3v) is 2.79. The lowest BCUT2D eigenvalue weighted by atomic mass is 10.2. The summed E-state index contributed by atoms with van der Waals surface area (Å²) < 4.78 is 0. The van der Waals surface area contributed by atoms with Crippen LogP contribution in [0, 0.1) is 13.8 Å². The zero-order valence-electron chi connectivity index (χ0n) is 10.5.